The number of ether oxygens (including phenoxy) is 1. The van der Waals surface area contributed by atoms with Crippen LogP contribution in [0.1, 0.15) is 33.9 Å². The van der Waals surface area contributed by atoms with E-state index in [1.807, 2.05) is 42.5 Å². The molecule has 6 nitrogen and oxygen atoms in total. The highest BCUT2D eigenvalue weighted by atomic mass is 35.5. The Bertz CT molecular complexity index is 1260. The van der Waals surface area contributed by atoms with E-state index in [1.165, 1.54) is 35.2 Å². The Hall–Kier alpha value is -3.71. The van der Waals surface area contributed by atoms with Crippen molar-refractivity contribution in [1.29, 1.82) is 0 Å². The van der Waals surface area contributed by atoms with Crippen LogP contribution in [0.5, 0.6) is 5.75 Å². The van der Waals surface area contributed by atoms with Crippen LogP contribution in [0.25, 0.3) is 0 Å². The standard InChI is InChI=1S/C26H23ClFN3O3/c1-30(26(33)18-8-5-9-19(28)13-18)16-25(32)31-24(21-11-3-4-12-22(21)27)15-23(29-31)17-7-6-10-20(14-17)34-2/h3-14,24H,15-16H2,1-2H3/t24-/m0/s1. The SMILES string of the molecule is COc1cccc(C2=NN(C(=O)CN(C)C(=O)c3cccc(F)c3)[C@H](c3ccccc3Cl)C2)c1. The van der Waals surface area contributed by atoms with Crippen LogP contribution in [-0.2, 0) is 4.79 Å². The summed E-state index contributed by atoms with van der Waals surface area (Å²) in [5.41, 5.74) is 2.46. The normalized spacial score (nSPS) is 15.1. The molecular formula is C26H23ClFN3O3. The highest BCUT2D eigenvalue weighted by Gasteiger charge is 2.35. The molecule has 3 aromatic rings. The highest BCUT2D eigenvalue weighted by Crippen LogP contribution is 2.36. The van der Waals surface area contributed by atoms with Gasteiger partial charge in [-0.3, -0.25) is 9.59 Å². The summed E-state index contributed by atoms with van der Waals surface area (Å²) in [7, 11) is 3.09. The van der Waals surface area contributed by atoms with Crippen molar-refractivity contribution in [1.82, 2.24) is 9.91 Å². The Labute approximate surface area is 202 Å². The average molecular weight is 480 g/mol. The third-order valence-electron chi connectivity index (χ3n) is 5.62. The number of rotatable bonds is 6. The van der Waals surface area contributed by atoms with Gasteiger partial charge in [-0.25, -0.2) is 9.40 Å². The summed E-state index contributed by atoms with van der Waals surface area (Å²) in [5, 5.41) is 6.53. The van der Waals surface area contributed by atoms with E-state index in [1.54, 1.807) is 13.2 Å². The van der Waals surface area contributed by atoms with Gasteiger partial charge in [-0.2, -0.15) is 5.10 Å². The molecule has 1 aliphatic rings. The van der Waals surface area contributed by atoms with Crippen LogP contribution in [0.15, 0.2) is 77.9 Å². The highest BCUT2D eigenvalue weighted by molar-refractivity contribution is 6.31. The van der Waals surface area contributed by atoms with Gasteiger partial charge in [-0.1, -0.05) is 48.0 Å². The van der Waals surface area contributed by atoms with Crippen LogP contribution in [-0.4, -0.2) is 48.1 Å². The Morgan fingerprint density at radius 3 is 2.62 bits per heavy atom. The molecular weight excluding hydrogens is 457 g/mol. The van der Waals surface area contributed by atoms with E-state index in [0.29, 0.717) is 22.9 Å². The number of amides is 2. The summed E-state index contributed by atoms with van der Waals surface area (Å²) >= 11 is 6.46. The maximum Gasteiger partial charge on any atom is 0.262 e. The first-order chi connectivity index (χ1) is 16.4. The predicted molar refractivity (Wildman–Crippen MR) is 129 cm³/mol. The Morgan fingerprint density at radius 1 is 1.12 bits per heavy atom. The minimum atomic E-state index is -0.517. The second kappa shape index (κ2) is 10.1. The first-order valence-electron chi connectivity index (χ1n) is 10.7. The van der Waals surface area contributed by atoms with Crippen molar-refractivity contribution >= 4 is 29.1 Å². The number of nitrogens with zero attached hydrogens (tertiary/aromatic N) is 3. The van der Waals surface area contributed by atoms with Gasteiger partial charge in [0.25, 0.3) is 11.8 Å². The summed E-state index contributed by atoms with van der Waals surface area (Å²) in [4.78, 5) is 27.3. The van der Waals surface area contributed by atoms with Gasteiger partial charge in [-0.15, -0.1) is 0 Å². The van der Waals surface area contributed by atoms with E-state index < -0.39 is 17.8 Å². The lowest BCUT2D eigenvalue weighted by molar-refractivity contribution is -0.133. The number of hydrazone groups is 1. The Balaban J connectivity index is 1.62. The summed E-state index contributed by atoms with van der Waals surface area (Å²) in [5.74, 6) is -0.676. The van der Waals surface area contributed by atoms with Gasteiger partial charge in [0.05, 0.1) is 18.9 Å². The zero-order valence-corrected chi connectivity index (χ0v) is 19.5. The van der Waals surface area contributed by atoms with Crippen molar-refractivity contribution in [2.75, 3.05) is 20.7 Å². The minimum Gasteiger partial charge on any atom is -0.497 e. The molecule has 0 aliphatic carbocycles. The second-order valence-corrected chi connectivity index (χ2v) is 8.34. The molecule has 8 heteroatoms. The third-order valence-corrected chi connectivity index (χ3v) is 5.97. The van der Waals surface area contributed by atoms with Crippen LogP contribution in [0.3, 0.4) is 0 Å². The van der Waals surface area contributed by atoms with Crippen molar-refractivity contribution in [3.63, 3.8) is 0 Å². The number of hydrogen-bond donors (Lipinski definition) is 0. The van der Waals surface area contributed by atoms with E-state index in [0.717, 1.165) is 17.2 Å². The number of hydrogen-bond acceptors (Lipinski definition) is 4. The lowest BCUT2D eigenvalue weighted by atomic mass is 9.98. The molecule has 0 saturated heterocycles. The maximum absolute atomic E-state index is 13.5. The fraction of sp³-hybridized carbons (Fsp3) is 0.192. The van der Waals surface area contributed by atoms with Gasteiger partial charge < -0.3 is 9.64 Å². The molecule has 0 spiro atoms. The van der Waals surface area contributed by atoms with Gasteiger partial charge in [0.1, 0.15) is 18.1 Å². The lowest BCUT2D eigenvalue weighted by Gasteiger charge is -2.25. The van der Waals surface area contributed by atoms with Gasteiger partial charge in [0.2, 0.25) is 0 Å². The molecule has 34 heavy (non-hydrogen) atoms. The van der Waals surface area contributed by atoms with Crippen molar-refractivity contribution < 1.29 is 18.7 Å². The van der Waals surface area contributed by atoms with Crippen LogP contribution in [0, 0.1) is 5.82 Å². The molecule has 0 radical (unpaired) electrons. The van der Waals surface area contributed by atoms with Crippen molar-refractivity contribution in [3.8, 4) is 5.75 Å². The summed E-state index contributed by atoms with van der Waals surface area (Å²) < 4.78 is 18.9. The Morgan fingerprint density at radius 2 is 1.88 bits per heavy atom. The monoisotopic (exact) mass is 479 g/mol. The number of likely N-dealkylation sites (N-methyl/N-ethyl adjacent to an activating group) is 1. The molecule has 0 saturated carbocycles. The number of methoxy groups -OCH3 is 1. The molecule has 4 rings (SSSR count). The van der Waals surface area contributed by atoms with E-state index in [4.69, 9.17) is 16.3 Å². The molecule has 2 amide bonds. The molecule has 0 N–H and O–H groups in total. The second-order valence-electron chi connectivity index (χ2n) is 7.93. The van der Waals surface area contributed by atoms with E-state index in [-0.39, 0.29) is 18.0 Å². The average Bonchev–Trinajstić information content (AvgIpc) is 3.29. The molecule has 0 bridgehead atoms. The number of benzene rings is 3. The molecule has 3 aromatic carbocycles. The number of carbonyl (C=O) groups is 2. The van der Waals surface area contributed by atoms with Crippen LogP contribution in [0.4, 0.5) is 4.39 Å². The predicted octanol–water partition coefficient (Wildman–Crippen LogP) is 4.94. The first kappa shape index (κ1) is 23.4. The first-order valence-corrected chi connectivity index (χ1v) is 11.0. The molecule has 1 atom stereocenters. The zero-order chi connectivity index (χ0) is 24.2. The summed E-state index contributed by atoms with van der Waals surface area (Å²) in [6, 6.07) is 19.7. The van der Waals surface area contributed by atoms with Gasteiger partial charge in [0.15, 0.2) is 0 Å². The quantitative estimate of drug-likeness (QED) is 0.503. The molecule has 174 valence electrons. The third kappa shape index (κ3) is 4.94. The van der Waals surface area contributed by atoms with Gasteiger partial charge >= 0.3 is 0 Å². The van der Waals surface area contributed by atoms with Gasteiger partial charge in [0, 0.05) is 29.6 Å². The summed E-state index contributed by atoms with van der Waals surface area (Å²) in [6.45, 7) is -0.231. The van der Waals surface area contributed by atoms with Crippen molar-refractivity contribution in [2.24, 2.45) is 5.10 Å². The zero-order valence-electron chi connectivity index (χ0n) is 18.7. The number of carbonyl (C=O) groups excluding carboxylic acids is 2. The molecule has 1 aliphatic heterocycles. The van der Waals surface area contributed by atoms with E-state index >= 15 is 0 Å². The van der Waals surface area contributed by atoms with E-state index in [9.17, 15) is 14.0 Å². The van der Waals surface area contributed by atoms with Crippen molar-refractivity contribution in [3.05, 3.63) is 100 Å². The topological polar surface area (TPSA) is 62.2 Å². The summed E-state index contributed by atoms with van der Waals surface area (Å²) in [6.07, 6.45) is 0.449. The van der Waals surface area contributed by atoms with Crippen molar-refractivity contribution in [2.45, 2.75) is 12.5 Å². The largest absolute Gasteiger partial charge is 0.497 e. The molecule has 1 heterocycles. The van der Waals surface area contributed by atoms with Crippen LogP contribution >= 0.6 is 11.6 Å². The molecule has 0 fully saturated rings. The molecule has 0 unspecified atom stereocenters. The smallest absolute Gasteiger partial charge is 0.262 e. The lowest BCUT2D eigenvalue weighted by Crippen LogP contribution is -2.39. The fourth-order valence-electron chi connectivity index (χ4n) is 3.89. The maximum atomic E-state index is 13.5. The van der Waals surface area contributed by atoms with Crippen LogP contribution in [0.2, 0.25) is 5.02 Å². The van der Waals surface area contributed by atoms with Gasteiger partial charge in [-0.05, 0) is 42.0 Å². The van der Waals surface area contributed by atoms with E-state index in [2.05, 4.69) is 5.10 Å². The number of halogens is 2. The fourth-order valence-corrected chi connectivity index (χ4v) is 4.16. The Kier molecular flexibility index (Phi) is 6.93. The van der Waals surface area contributed by atoms with Crippen LogP contribution < -0.4 is 4.74 Å². The molecule has 0 aromatic heterocycles. The minimum absolute atomic E-state index is 0.167.